The number of hydrogen-bond acceptors (Lipinski definition) is 6. The van der Waals surface area contributed by atoms with Gasteiger partial charge in [-0.3, -0.25) is 20.4 Å². The highest BCUT2D eigenvalue weighted by molar-refractivity contribution is 7.17. The third kappa shape index (κ3) is 3.32. The van der Waals surface area contributed by atoms with Gasteiger partial charge in [-0.1, -0.05) is 11.3 Å². The van der Waals surface area contributed by atoms with E-state index >= 15 is 0 Å². The Morgan fingerprint density at radius 1 is 1.26 bits per heavy atom. The fraction of sp³-hybridized carbons (Fsp3) is 0.182. The Balaban J connectivity index is 2.03. The minimum atomic E-state index is -0.482. The van der Waals surface area contributed by atoms with Crippen LogP contribution in [0.3, 0.4) is 0 Å². The van der Waals surface area contributed by atoms with Crippen LogP contribution in [0, 0.1) is 6.92 Å². The zero-order chi connectivity index (χ0) is 13.8. The maximum Gasteiger partial charge on any atom is 0.326 e. The number of nitrogens with zero attached hydrogens (tertiary/aromatic N) is 3. The zero-order valence-electron chi connectivity index (χ0n) is 10.3. The number of Topliss-reactive ketones (excluding diaryl/α,β-unsaturated/α-hetero) is 1. The van der Waals surface area contributed by atoms with Crippen LogP contribution in [0.2, 0.25) is 0 Å². The Morgan fingerprint density at radius 2 is 2.05 bits per heavy atom. The number of ketones is 1. The molecule has 0 saturated carbocycles. The van der Waals surface area contributed by atoms with Crippen molar-refractivity contribution >= 4 is 34.1 Å². The van der Waals surface area contributed by atoms with E-state index in [4.69, 9.17) is 0 Å². The van der Waals surface area contributed by atoms with Gasteiger partial charge in [0.2, 0.25) is 0 Å². The second-order valence-electron chi connectivity index (χ2n) is 3.66. The molecule has 0 aromatic carbocycles. The van der Waals surface area contributed by atoms with Crippen LogP contribution in [0.1, 0.15) is 22.3 Å². The van der Waals surface area contributed by atoms with Crippen molar-refractivity contribution < 1.29 is 9.59 Å². The molecule has 8 heteroatoms. The number of carbonyl (C=O) groups is 2. The van der Waals surface area contributed by atoms with E-state index in [2.05, 4.69) is 25.6 Å². The van der Waals surface area contributed by atoms with E-state index in [1.54, 1.807) is 6.92 Å². The van der Waals surface area contributed by atoms with Gasteiger partial charge in [0.05, 0.1) is 16.8 Å². The van der Waals surface area contributed by atoms with E-state index in [0.717, 1.165) is 11.3 Å². The summed E-state index contributed by atoms with van der Waals surface area (Å²) in [5.41, 5.74) is 0.604. The van der Waals surface area contributed by atoms with Gasteiger partial charge in [-0.25, -0.2) is 14.8 Å². The van der Waals surface area contributed by atoms with Crippen molar-refractivity contribution in [2.75, 3.05) is 10.6 Å². The number of rotatable bonds is 3. The average Bonchev–Trinajstić information content (AvgIpc) is 2.71. The molecule has 0 atom stereocenters. The summed E-state index contributed by atoms with van der Waals surface area (Å²) >= 11 is 1.14. The maximum atomic E-state index is 11.7. The standard InChI is InChI=1S/C11H11N5O2S/c1-6-9(7(2)17)19-11(14-6)16-10(18)15-8-5-12-3-4-13-8/h3-5H,1-2H3,(H2,13,14,15,16,18). The SMILES string of the molecule is CC(=O)c1sc(NC(=O)Nc2cnccn2)nc1C. The number of aryl methyl sites for hydroxylation is 1. The molecule has 19 heavy (non-hydrogen) atoms. The van der Waals surface area contributed by atoms with Crippen molar-refractivity contribution in [3.63, 3.8) is 0 Å². The van der Waals surface area contributed by atoms with Crippen LogP contribution in [0.4, 0.5) is 15.7 Å². The predicted molar refractivity (Wildman–Crippen MR) is 71.5 cm³/mol. The van der Waals surface area contributed by atoms with Gasteiger partial charge >= 0.3 is 6.03 Å². The second kappa shape index (κ2) is 5.53. The van der Waals surface area contributed by atoms with Gasteiger partial charge in [0.15, 0.2) is 16.7 Å². The van der Waals surface area contributed by atoms with Gasteiger partial charge in [0, 0.05) is 19.3 Å². The van der Waals surface area contributed by atoms with Crippen molar-refractivity contribution in [2.24, 2.45) is 0 Å². The molecule has 0 bridgehead atoms. The number of anilines is 2. The molecule has 0 unspecified atom stereocenters. The first-order chi connectivity index (χ1) is 9.06. The molecule has 98 valence electrons. The normalized spacial score (nSPS) is 10.0. The Morgan fingerprint density at radius 3 is 2.63 bits per heavy atom. The van der Waals surface area contributed by atoms with Crippen LogP contribution >= 0.6 is 11.3 Å². The maximum absolute atomic E-state index is 11.7. The highest BCUT2D eigenvalue weighted by Gasteiger charge is 2.13. The number of urea groups is 1. The molecule has 2 N–H and O–H groups in total. The molecule has 0 radical (unpaired) electrons. The molecule has 0 aliphatic rings. The summed E-state index contributed by atoms with van der Waals surface area (Å²) in [5.74, 6) is 0.262. The first-order valence-electron chi connectivity index (χ1n) is 5.38. The summed E-state index contributed by atoms with van der Waals surface area (Å²) in [6, 6.07) is -0.482. The number of aromatic nitrogens is 3. The van der Waals surface area contributed by atoms with Crippen LogP contribution in [0.5, 0.6) is 0 Å². The minimum absolute atomic E-state index is 0.0719. The van der Waals surface area contributed by atoms with Crippen molar-refractivity contribution in [3.8, 4) is 0 Å². The predicted octanol–water partition coefficient (Wildman–Crippen LogP) is 2.09. The lowest BCUT2D eigenvalue weighted by Crippen LogP contribution is -2.20. The molecular weight excluding hydrogens is 266 g/mol. The fourth-order valence-corrected chi connectivity index (χ4v) is 2.24. The summed E-state index contributed by atoms with van der Waals surface area (Å²) in [6.45, 7) is 3.18. The first kappa shape index (κ1) is 13.1. The van der Waals surface area contributed by atoms with Crippen LogP contribution in [-0.2, 0) is 0 Å². The van der Waals surface area contributed by atoms with Crippen LogP contribution in [-0.4, -0.2) is 26.8 Å². The van der Waals surface area contributed by atoms with Crippen LogP contribution < -0.4 is 10.6 Å². The molecule has 0 spiro atoms. The number of amides is 2. The van der Waals surface area contributed by atoms with Crippen molar-refractivity contribution in [1.82, 2.24) is 15.0 Å². The molecule has 7 nitrogen and oxygen atoms in total. The molecule has 2 amide bonds. The first-order valence-corrected chi connectivity index (χ1v) is 6.20. The smallest absolute Gasteiger partial charge is 0.294 e. The minimum Gasteiger partial charge on any atom is -0.294 e. The molecule has 0 saturated heterocycles. The van der Waals surface area contributed by atoms with Crippen molar-refractivity contribution in [1.29, 1.82) is 0 Å². The molecule has 2 rings (SSSR count). The van der Waals surface area contributed by atoms with Gasteiger partial charge in [0.1, 0.15) is 0 Å². The lowest BCUT2D eigenvalue weighted by Gasteiger charge is -2.02. The molecule has 0 aliphatic carbocycles. The summed E-state index contributed by atoms with van der Waals surface area (Å²) in [7, 11) is 0. The Labute approximate surface area is 113 Å². The fourth-order valence-electron chi connectivity index (χ4n) is 1.38. The molecule has 2 heterocycles. The number of nitrogens with one attached hydrogen (secondary N) is 2. The molecular formula is C11H11N5O2S. The largest absolute Gasteiger partial charge is 0.326 e. The van der Waals surface area contributed by atoms with E-state index in [1.807, 2.05) is 0 Å². The topological polar surface area (TPSA) is 96.9 Å². The summed E-state index contributed by atoms with van der Waals surface area (Å²) in [6.07, 6.45) is 4.40. The third-order valence-corrected chi connectivity index (χ3v) is 3.32. The van der Waals surface area contributed by atoms with Gasteiger partial charge in [0.25, 0.3) is 0 Å². The van der Waals surface area contributed by atoms with Gasteiger partial charge in [-0.05, 0) is 6.92 Å². The zero-order valence-corrected chi connectivity index (χ0v) is 11.1. The quantitative estimate of drug-likeness (QED) is 0.837. The summed E-state index contributed by atoms with van der Waals surface area (Å²) < 4.78 is 0. The van der Waals surface area contributed by atoms with E-state index in [-0.39, 0.29) is 5.78 Å². The van der Waals surface area contributed by atoms with Gasteiger partial charge < -0.3 is 0 Å². The van der Waals surface area contributed by atoms with E-state index < -0.39 is 6.03 Å². The number of hydrogen-bond donors (Lipinski definition) is 2. The van der Waals surface area contributed by atoms with Crippen molar-refractivity contribution in [3.05, 3.63) is 29.2 Å². The Kier molecular flexibility index (Phi) is 3.81. The molecule has 2 aromatic rings. The Hall–Kier alpha value is -2.35. The third-order valence-electron chi connectivity index (χ3n) is 2.14. The highest BCUT2D eigenvalue weighted by Crippen LogP contribution is 2.22. The van der Waals surface area contributed by atoms with E-state index in [1.165, 1.54) is 25.5 Å². The number of carbonyl (C=O) groups excluding carboxylic acids is 2. The van der Waals surface area contributed by atoms with Crippen molar-refractivity contribution in [2.45, 2.75) is 13.8 Å². The molecule has 0 fully saturated rings. The summed E-state index contributed by atoms with van der Waals surface area (Å²) in [4.78, 5) is 35.3. The van der Waals surface area contributed by atoms with E-state index in [9.17, 15) is 9.59 Å². The van der Waals surface area contributed by atoms with E-state index in [0.29, 0.717) is 21.5 Å². The molecule has 0 aliphatic heterocycles. The number of thiazole rings is 1. The second-order valence-corrected chi connectivity index (χ2v) is 4.66. The average molecular weight is 277 g/mol. The highest BCUT2D eigenvalue weighted by atomic mass is 32.1. The summed E-state index contributed by atoms with van der Waals surface area (Å²) in [5, 5.41) is 5.42. The lowest BCUT2D eigenvalue weighted by atomic mass is 10.3. The van der Waals surface area contributed by atoms with Gasteiger partial charge in [-0.15, -0.1) is 0 Å². The van der Waals surface area contributed by atoms with Crippen LogP contribution in [0.15, 0.2) is 18.6 Å². The molecule has 2 aromatic heterocycles. The van der Waals surface area contributed by atoms with Crippen LogP contribution in [0.25, 0.3) is 0 Å². The van der Waals surface area contributed by atoms with Gasteiger partial charge in [-0.2, -0.15) is 0 Å². The lowest BCUT2D eigenvalue weighted by molar-refractivity contribution is 0.102. The Bertz CT molecular complexity index is 611. The monoisotopic (exact) mass is 277 g/mol.